The van der Waals surface area contributed by atoms with Crippen molar-refractivity contribution in [3.8, 4) is 5.75 Å². The van der Waals surface area contributed by atoms with Gasteiger partial charge in [0.05, 0.1) is 16.6 Å². The number of benzene rings is 2. The van der Waals surface area contributed by atoms with Crippen molar-refractivity contribution in [2.75, 3.05) is 18.5 Å². The molecule has 1 heterocycles. The zero-order valence-corrected chi connectivity index (χ0v) is 22.4. The number of aliphatic imine (C=N–C) groups is 1. The van der Waals surface area contributed by atoms with Crippen LogP contribution in [0, 0.1) is 16.0 Å². The van der Waals surface area contributed by atoms with Crippen molar-refractivity contribution >= 4 is 34.9 Å². The Morgan fingerprint density at radius 3 is 2.33 bits per heavy atom. The fraction of sp³-hybridized carbons (Fsp3) is 0.357. The lowest BCUT2D eigenvalue weighted by atomic mass is 9.75. The molecule has 0 radical (unpaired) electrons. The van der Waals surface area contributed by atoms with E-state index in [0.717, 1.165) is 0 Å². The molecular formula is C28H31N3O8. The molecule has 0 aromatic heterocycles. The lowest BCUT2D eigenvalue weighted by molar-refractivity contribution is -0.385. The van der Waals surface area contributed by atoms with Crippen molar-refractivity contribution in [3.05, 3.63) is 75.5 Å². The number of allylic oxidation sites excluding steroid dienone is 1. The minimum Gasteiger partial charge on any atom is -0.490 e. The lowest BCUT2D eigenvalue weighted by Crippen LogP contribution is -2.37. The molecule has 2 atom stereocenters. The number of hydrogen-bond acceptors (Lipinski definition) is 9. The van der Waals surface area contributed by atoms with Crippen molar-refractivity contribution in [1.82, 2.24) is 0 Å². The standard InChI is InChI=1S/C28H31N3O8/c1-16(2)39-28(34)25-18(4)29-17(3)24(26(25)22-8-6-7-9-23(22)31(35)36)27(33)38-15-14-37-21-12-10-20(11-13-21)30-19(5)32/h6-13,16,25-26H,14-15H2,1-5H3,(H,30,32). The quantitative estimate of drug-likeness (QED) is 0.201. The number of nitrogens with zero attached hydrogens (tertiary/aromatic N) is 2. The number of para-hydroxylation sites is 1. The Balaban J connectivity index is 1.84. The van der Waals surface area contributed by atoms with Crippen LogP contribution in [-0.4, -0.2) is 47.8 Å². The topological polar surface area (TPSA) is 146 Å². The summed E-state index contributed by atoms with van der Waals surface area (Å²) in [6.07, 6.45) is -0.441. The lowest BCUT2D eigenvalue weighted by Gasteiger charge is -2.31. The van der Waals surface area contributed by atoms with Gasteiger partial charge in [-0.2, -0.15) is 0 Å². The van der Waals surface area contributed by atoms with Crippen molar-refractivity contribution in [2.45, 2.75) is 46.6 Å². The fourth-order valence-electron chi connectivity index (χ4n) is 4.38. The van der Waals surface area contributed by atoms with E-state index in [2.05, 4.69) is 10.3 Å². The van der Waals surface area contributed by atoms with Gasteiger partial charge in [0.15, 0.2) is 0 Å². The number of nitro benzene ring substituents is 1. The molecule has 1 amide bonds. The maximum absolute atomic E-state index is 13.4. The van der Waals surface area contributed by atoms with Gasteiger partial charge in [-0.3, -0.25) is 24.7 Å². The number of anilines is 1. The highest BCUT2D eigenvalue weighted by atomic mass is 16.6. The van der Waals surface area contributed by atoms with E-state index in [-0.39, 0.29) is 35.9 Å². The third-order valence-electron chi connectivity index (χ3n) is 5.88. The summed E-state index contributed by atoms with van der Waals surface area (Å²) in [5.74, 6) is -3.19. The first-order valence-electron chi connectivity index (χ1n) is 12.4. The van der Waals surface area contributed by atoms with E-state index in [9.17, 15) is 24.5 Å². The van der Waals surface area contributed by atoms with Gasteiger partial charge >= 0.3 is 11.9 Å². The number of nitrogens with one attached hydrogen (secondary N) is 1. The molecule has 39 heavy (non-hydrogen) atoms. The Labute approximate surface area is 226 Å². The van der Waals surface area contributed by atoms with E-state index in [1.165, 1.54) is 25.1 Å². The minimum atomic E-state index is -1.06. The first-order chi connectivity index (χ1) is 18.5. The number of rotatable bonds is 10. The first-order valence-corrected chi connectivity index (χ1v) is 12.4. The van der Waals surface area contributed by atoms with Crippen molar-refractivity contribution in [1.29, 1.82) is 0 Å². The predicted molar refractivity (Wildman–Crippen MR) is 144 cm³/mol. The molecule has 206 valence electrons. The summed E-state index contributed by atoms with van der Waals surface area (Å²) in [6, 6.07) is 12.6. The maximum atomic E-state index is 13.4. The third kappa shape index (κ3) is 7.28. The summed E-state index contributed by atoms with van der Waals surface area (Å²) in [7, 11) is 0. The molecule has 2 aromatic rings. The van der Waals surface area contributed by atoms with Crippen molar-refractivity contribution in [2.24, 2.45) is 10.9 Å². The normalized spacial score (nSPS) is 16.8. The summed E-state index contributed by atoms with van der Waals surface area (Å²) in [5.41, 5.74) is 1.28. The Hall–Kier alpha value is -4.54. The summed E-state index contributed by atoms with van der Waals surface area (Å²) in [5, 5.41) is 14.5. The van der Waals surface area contributed by atoms with Crippen molar-refractivity contribution < 1.29 is 33.5 Å². The van der Waals surface area contributed by atoms with Crippen molar-refractivity contribution in [3.63, 3.8) is 0 Å². The molecule has 0 saturated heterocycles. The second-order valence-electron chi connectivity index (χ2n) is 9.20. The van der Waals surface area contributed by atoms with E-state index < -0.39 is 34.8 Å². The van der Waals surface area contributed by atoms with Gasteiger partial charge < -0.3 is 19.5 Å². The van der Waals surface area contributed by atoms with E-state index in [1.807, 2.05) is 0 Å². The summed E-state index contributed by atoms with van der Waals surface area (Å²) in [6.45, 7) is 7.91. The molecule has 2 aromatic carbocycles. The number of ether oxygens (including phenoxy) is 3. The van der Waals surface area contributed by atoms with Gasteiger partial charge in [-0.05, 0) is 52.0 Å². The van der Waals surface area contributed by atoms with Crippen LogP contribution < -0.4 is 10.1 Å². The molecule has 1 N–H and O–H groups in total. The van der Waals surface area contributed by atoms with Crippen LogP contribution in [-0.2, 0) is 23.9 Å². The Morgan fingerprint density at radius 1 is 1.05 bits per heavy atom. The average molecular weight is 538 g/mol. The van der Waals surface area contributed by atoms with Crippen LogP contribution >= 0.6 is 0 Å². The average Bonchev–Trinajstić information content (AvgIpc) is 2.86. The van der Waals surface area contributed by atoms with Gasteiger partial charge in [0.2, 0.25) is 5.91 Å². The summed E-state index contributed by atoms with van der Waals surface area (Å²) < 4.78 is 16.5. The summed E-state index contributed by atoms with van der Waals surface area (Å²) in [4.78, 5) is 53.4. The zero-order chi connectivity index (χ0) is 28.7. The van der Waals surface area contributed by atoms with Gasteiger partial charge in [0.1, 0.15) is 24.9 Å². The largest absolute Gasteiger partial charge is 0.490 e. The van der Waals surface area contributed by atoms with Gasteiger partial charge in [0, 0.05) is 41.6 Å². The number of nitro groups is 1. The summed E-state index contributed by atoms with van der Waals surface area (Å²) >= 11 is 0. The molecule has 11 heteroatoms. The van der Waals surface area contributed by atoms with E-state index >= 15 is 0 Å². The maximum Gasteiger partial charge on any atom is 0.336 e. The molecule has 0 fully saturated rings. The van der Waals surface area contributed by atoms with Crippen LogP contribution in [0.4, 0.5) is 11.4 Å². The molecule has 2 unspecified atom stereocenters. The number of carbonyl (C=O) groups excluding carboxylic acids is 3. The van der Waals surface area contributed by atoms with Gasteiger partial charge in [0.25, 0.3) is 5.69 Å². The smallest absolute Gasteiger partial charge is 0.336 e. The van der Waals surface area contributed by atoms with Crippen LogP contribution in [0.5, 0.6) is 5.75 Å². The highest BCUT2D eigenvalue weighted by Gasteiger charge is 2.45. The van der Waals surface area contributed by atoms with E-state index in [1.54, 1.807) is 58.0 Å². The molecule has 0 bridgehead atoms. The second kappa shape index (κ2) is 12.8. The molecule has 0 aliphatic carbocycles. The number of amides is 1. The van der Waals surface area contributed by atoms with Crippen LogP contribution in [0.25, 0.3) is 0 Å². The Kier molecular flexibility index (Phi) is 9.53. The molecule has 0 spiro atoms. The molecule has 3 rings (SSSR count). The van der Waals surface area contributed by atoms with Crippen LogP contribution in [0.1, 0.15) is 46.1 Å². The third-order valence-corrected chi connectivity index (χ3v) is 5.88. The highest BCUT2D eigenvalue weighted by Crippen LogP contribution is 2.43. The zero-order valence-electron chi connectivity index (χ0n) is 22.4. The highest BCUT2D eigenvalue weighted by molar-refractivity contribution is 6.07. The molecule has 1 aliphatic rings. The SMILES string of the molecule is CC(=O)Nc1ccc(OCCOC(=O)C2=C(C)N=C(C)C(C(=O)OC(C)C)C2c2ccccc2[N+](=O)[O-])cc1. The fourth-order valence-corrected chi connectivity index (χ4v) is 4.38. The van der Waals surface area contributed by atoms with Gasteiger partial charge in [-0.15, -0.1) is 0 Å². The van der Waals surface area contributed by atoms with Gasteiger partial charge in [-0.1, -0.05) is 18.2 Å². The second-order valence-corrected chi connectivity index (χ2v) is 9.20. The monoisotopic (exact) mass is 537 g/mol. The first kappa shape index (κ1) is 29.0. The number of esters is 2. The predicted octanol–water partition coefficient (Wildman–Crippen LogP) is 4.58. The Morgan fingerprint density at radius 2 is 1.72 bits per heavy atom. The molecule has 11 nitrogen and oxygen atoms in total. The van der Waals surface area contributed by atoms with Crippen LogP contribution in [0.3, 0.4) is 0 Å². The number of carbonyl (C=O) groups is 3. The minimum absolute atomic E-state index is 0.0226. The Bertz CT molecular complexity index is 1310. The van der Waals surface area contributed by atoms with Crippen LogP contribution in [0.2, 0.25) is 0 Å². The molecule has 0 saturated carbocycles. The molecule has 1 aliphatic heterocycles. The van der Waals surface area contributed by atoms with Crippen LogP contribution in [0.15, 0.2) is 64.8 Å². The van der Waals surface area contributed by atoms with E-state index in [0.29, 0.717) is 22.8 Å². The van der Waals surface area contributed by atoms with E-state index in [4.69, 9.17) is 14.2 Å². The molecular weight excluding hydrogens is 506 g/mol. The number of hydrogen-bond donors (Lipinski definition) is 1. The van der Waals surface area contributed by atoms with Gasteiger partial charge in [-0.25, -0.2) is 4.79 Å².